The summed E-state index contributed by atoms with van der Waals surface area (Å²) in [7, 11) is 0. The van der Waals surface area contributed by atoms with E-state index in [-0.39, 0.29) is 18.8 Å². The van der Waals surface area contributed by atoms with Crippen LogP contribution in [0.25, 0.3) is 0 Å². The van der Waals surface area contributed by atoms with Crippen LogP contribution in [0.3, 0.4) is 0 Å². The van der Waals surface area contributed by atoms with Crippen molar-refractivity contribution in [2.45, 2.75) is 44.9 Å². The van der Waals surface area contributed by atoms with Gasteiger partial charge in [0.15, 0.2) is 5.67 Å². The molecule has 0 saturated carbocycles. The third-order valence-electron chi connectivity index (χ3n) is 7.03. The van der Waals surface area contributed by atoms with Gasteiger partial charge in [0.05, 0.1) is 11.3 Å². The first-order chi connectivity index (χ1) is 15.0. The highest BCUT2D eigenvalue weighted by atomic mass is 19.1. The molecule has 1 amide bonds. The molecule has 0 N–H and O–H groups in total. The maximum absolute atomic E-state index is 15.6. The summed E-state index contributed by atoms with van der Waals surface area (Å²) in [5.74, 6) is -0.655. The van der Waals surface area contributed by atoms with Crippen molar-refractivity contribution >= 4 is 17.6 Å². The summed E-state index contributed by atoms with van der Waals surface area (Å²) in [6.07, 6.45) is 5.41. The number of aromatic nitrogens is 1. The largest absolute Gasteiger partial charge is 0.457 e. The van der Waals surface area contributed by atoms with Gasteiger partial charge in [-0.1, -0.05) is 6.07 Å². The fourth-order valence-corrected chi connectivity index (χ4v) is 4.97. The summed E-state index contributed by atoms with van der Waals surface area (Å²) in [4.78, 5) is 32.7. The van der Waals surface area contributed by atoms with Crippen LogP contribution in [0.4, 0.5) is 10.1 Å². The highest BCUT2D eigenvalue weighted by Gasteiger charge is 2.45. The van der Waals surface area contributed by atoms with E-state index in [0.29, 0.717) is 31.8 Å². The summed E-state index contributed by atoms with van der Waals surface area (Å²) in [6.45, 7) is 4.83. The summed E-state index contributed by atoms with van der Waals surface area (Å²) >= 11 is 0. The molecular formula is C24H26FN3O3. The first-order valence-electron chi connectivity index (χ1n) is 10.9. The van der Waals surface area contributed by atoms with Gasteiger partial charge < -0.3 is 14.5 Å². The van der Waals surface area contributed by atoms with Gasteiger partial charge in [0, 0.05) is 57.0 Å². The number of hydrogen-bond acceptors (Lipinski definition) is 5. The number of esters is 1. The number of benzene rings is 1. The smallest absolute Gasteiger partial charge is 0.338 e. The Morgan fingerprint density at radius 2 is 2.03 bits per heavy atom. The SMILES string of the molecule is Cc1c(CCN2CCC(F)(C(=O)N3CCc4cnccc43)CC2)ccc2c1COC2=O. The molecule has 0 spiro atoms. The van der Waals surface area contributed by atoms with Crippen molar-refractivity contribution in [3.63, 3.8) is 0 Å². The third kappa shape index (κ3) is 3.51. The molecule has 3 aliphatic heterocycles. The zero-order chi connectivity index (χ0) is 21.6. The number of rotatable bonds is 4. The predicted molar refractivity (Wildman–Crippen MR) is 114 cm³/mol. The molecule has 0 unspecified atom stereocenters. The molecule has 0 aliphatic carbocycles. The van der Waals surface area contributed by atoms with Crippen LogP contribution >= 0.6 is 0 Å². The Morgan fingerprint density at radius 1 is 1.23 bits per heavy atom. The van der Waals surface area contributed by atoms with Crippen molar-refractivity contribution in [1.29, 1.82) is 0 Å². The number of carbonyl (C=O) groups is 2. The highest BCUT2D eigenvalue weighted by Crippen LogP contribution is 2.35. The van der Waals surface area contributed by atoms with Gasteiger partial charge in [0.2, 0.25) is 0 Å². The molecule has 162 valence electrons. The van der Waals surface area contributed by atoms with Gasteiger partial charge in [0.25, 0.3) is 5.91 Å². The van der Waals surface area contributed by atoms with Crippen LogP contribution in [0.2, 0.25) is 0 Å². The van der Waals surface area contributed by atoms with Gasteiger partial charge in [-0.05, 0) is 48.6 Å². The van der Waals surface area contributed by atoms with E-state index in [1.807, 2.05) is 19.1 Å². The van der Waals surface area contributed by atoms with Crippen LogP contribution in [0.15, 0.2) is 30.6 Å². The number of likely N-dealkylation sites (tertiary alicyclic amines) is 1. The maximum atomic E-state index is 15.6. The summed E-state index contributed by atoms with van der Waals surface area (Å²) in [5.41, 5.74) is 3.95. The van der Waals surface area contributed by atoms with Crippen LogP contribution in [-0.2, 0) is 29.0 Å². The minimum atomic E-state index is -1.80. The molecule has 4 heterocycles. The molecule has 0 bridgehead atoms. The molecule has 1 aromatic heterocycles. The van der Waals surface area contributed by atoms with E-state index < -0.39 is 11.6 Å². The van der Waals surface area contributed by atoms with Gasteiger partial charge >= 0.3 is 5.97 Å². The highest BCUT2D eigenvalue weighted by molar-refractivity contribution is 6.01. The van der Waals surface area contributed by atoms with E-state index in [9.17, 15) is 9.59 Å². The summed E-state index contributed by atoms with van der Waals surface area (Å²) < 4.78 is 20.8. The molecule has 31 heavy (non-hydrogen) atoms. The number of piperidine rings is 1. The summed E-state index contributed by atoms with van der Waals surface area (Å²) in [6, 6.07) is 5.64. The van der Waals surface area contributed by atoms with E-state index in [2.05, 4.69) is 9.88 Å². The lowest BCUT2D eigenvalue weighted by atomic mass is 9.91. The standard InChI is InChI=1S/C24H26FN3O3/c1-16-17(2-3-19-20(16)15-31-22(19)29)5-10-27-12-7-24(25,8-13-27)23(30)28-11-6-18-14-26-9-4-21(18)28/h2-4,9,14H,5-8,10-13,15H2,1H3. The molecule has 0 atom stereocenters. The Kier molecular flexibility index (Phi) is 5.01. The van der Waals surface area contributed by atoms with E-state index in [4.69, 9.17) is 4.74 Å². The van der Waals surface area contributed by atoms with Crippen molar-refractivity contribution < 1.29 is 18.7 Å². The number of pyridine rings is 1. The number of carbonyl (C=O) groups excluding carboxylic acids is 2. The van der Waals surface area contributed by atoms with Crippen molar-refractivity contribution in [2.24, 2.45) is 0 Å². The molecule has 1 fully saturated rings. The monoisotopic (exact) mass is 423 g/mol. The van der Waals surface area contributed by atoms with Gasteiger partial charge in [-0.2, -0.15) is 0 Å². The number of alkyl halides is 1. The molecule has 3 aliphatic rings. The normalized spacial score (nSPS) is 19.8. The molecule has 0 radical (unpaired) electrons. The fraction of sp³-hybridized carbons (Fsp3) is 0.458. The van der Waals surface area contributed by atoms with Gasteiger partial charge in [-0.15, -0.1) is 0 Å². The van der Waals surface area contributed by atoms with Gasteiger partial charge in [-0.25, -0.2) is 9.18 Å². The molecule has 7 heteroatoms. The van der Waals surface area contributed by atoms with Crippen LogP contribution in [-0.4, -0.2) is 53.6 Å². The van der Waals surface area contributed by atoms with Gasteiger partial charge in [0.1, 0.15) is 6.61 Å². The van der Waals surface area contributed by atoms with Crippen LogP contribution in [0, 0.1) is 6.92 Å². The Bertz CT molecular complexity index is 1050. The Balaban J connectivity index is 1.19. The lowest BCUT2D eigenvalue weighted by Gasteiger charge is -2.37. The van der Waals surface area contributed by atoms with Crippen LogP contribution < -0.4 is 4.90 Å². The predicted octanol–water partition coefficient (Wildman–Crippen LogP) is 3.00. The Hall–Kier alpha value is -2.80. The van der Waals surface area contributed by atoms with E-state index in [1.54, 1.807) is 23.4 Å². The second kappa shape index (κ2) is 7.71. The molecule has 6 nitrogen and oxygen atoms in total. The average Bonchev–Trinajstić information content (AvgIpc) is 3.38. The number of ether oxygens (including phenoxy) is 1. The lowest BCUT2D eigenvalue weighted by Crippen LogP contribution is -2.52. The maximum Gasteiger partial charge on any atom is 0.338 e. The number of fused-ring (bicyclic) bond motifs is 2. The molecule has 1 saturated heterocycles. The molecular weight excluding hydrogens is 397 g/mol. The number of anilines is 1. The minimum absolute atomic E-state index is 0.217. The third-order valence-corrected chi connectivity index (χ3v) is 7.03. The fourth-order valence-electron chi connectivity index (χ4n) is 4.97. The number of amides is 1. The number of nitrogens with zero attached hydrogens (tertiary/aromatic N) is 3. The number of cyclic esters (lactones) is 1. The molecule has 5 rings (SSSR count). The minimum Gasteiger partial charge on any atom is -0.457 e. The van der Waals surface area contributed by atoms with Crippen molar-refractivity contribution in [3.05, 3.63) is 58.4 Å². The van der Waals surface area contributed by atoms with Crippen molar-refractivity contribution in [3.8, 4) is 0 Å². The van der Waals surface area contributed by atoms with Crippen molar-refractivity contribution in [1.82, 2.24) is 9.88 Å². The zero-order valence-electron chi connectivity index (χ0n) is 17.7. The second-order valence-corrected chi connectivity index (χ2v) is 8.72. The van der Waals surface area contributed by atoms with E-state index in [1.165, 1.54) is 5.56 Å². The first-order valence-corrected chi connectivity index (χ1v) is 10.9. The van der Waals surface area contributed by atoms with Crippen LogP contribution in [0.5, 0.6) is 0 Å². The number of halogens is 1. The van der Waals surface area contributed by atoms with E-state index >= 15 is 4.39 Å². The lowest BCUT2D eigenvalue weighted by molar-refractivity contribution is -0.133. The Labute approximate surface area is 181 Å². The zero-order valence-corrected chi connectivity index (χ0v) is 17.7. The average molecular weight is 423 g/mol. The topological polar surface area (TPSA) is 62.7 Å². The quantitative estimate of drug-likeness (QED) is 0.708. The van der Waals surface area contributed by atoms with E-state index in [0.717, 1.165) is 41.8 Å². The first kappa shape index (κ1) is 20.1. The second-order valence-electron chi connectivity index (χ2n) is 8.72. The molecule has 2 aromatic rings. The Morgan fingerprint density at radius 3 is 2.84 bits per heavy atom. The summed E-state index contributed by atoms with van der Waals surface area (Å²) in [5, 5.41) is 0. The number of hydrogen-bond donors (Lipinski definition) is 0. The van der Waals surface area contributed by atoms with Crippen LogP contribution in [0.1, 0.15) is 45.5 Å². The molecule has 1 aromatic carbocycles. The van der Waals surface area contributed by atoms with Crippen molar-refractivity contribution in [2.75, 3.05) is 31.1 Å². The van der Waals surface area contributed by atoms with Gasteiger partial charge in [-0.3, -0.25) is 9.78 Å².